The van der Waals surface area contributed by atoms with Crippen molar-refractivity contribution in [3.05, 3.63) is 82.7 Å². The fraction of sp³-hybridized carbons (Fsp3) is 0.432. The minimum Gasteiger partial charge on any atom is -0.443 e. The molecule has 2 aromatic carbocycles. The molecule has 0 aliphatic rings. The standard InChI is InChI=1S/C37H47N7O9S/c1-35(2,3)22-31(45)38-23-25-13-12-14-26(21-25)27-24-39-42-18-17-30(40-32(27)42)41(33(46)52-36(4,5)6)19-20-43(34(47)53-37(7,8)9)54(50,51)29-16-11-10-15-28(29)44(48)49/h10-18,21,24H,19-20,22-23H2,1-9H3,(H,38,45). The number of rotatable bonds is 11. The maximum absolute atomic E-state index is 14.0. The van der Waals surface area contributed by atoms with Gasteiger partial charge in [0.25, 0.3) is 15.7 Å². The van der Waals surface area contributed by atoms with Gasteiger partial charge in [0.1, 0.15) is 17.0 Å². The summed E-state index contributed by atoms with van der Waals surface area (Å²) in [5, 5.41) is 19.2. The molecule has 4 rings (SSSR count). The largest absolute Gasteiger partial charge is 0.443 e. The number of sulfonamides is 1. The van der Waals surface area contributed by atoms with Crippen LogP contribution in [0, 0.1) is 15.5 Å². The van der Waals surface area contributed by atoms with Crippen LogP contribution < -0.4 is 10.2 Å². The van der Waals surface area contributed by atoms with E-state index >= 15 is 0 Å². The number of nitro groups is 1. The fourth-order valence-corrected chi connectivity index (χ4v) is 6.63. The predicted molar refractivity (Wildman–Crippen MR) is 201 cm³/mol. The molecule has 0 saturated carbocycles. The van der Waals surface area contributed by atoms with Crippen LogP contribution >= 0.6 is 0 Å². The predicted octanol–water partition coefficient (Wildman–Crippen LogP) is 6.72. The first-order chi connectivity index (χ1) is 24.9. The average Bonchev–Trinajstić information content (AvgIpc) is 3.46. The van der Waals surface area contributed by atoms with Crippen molar-refractivity contribution in [2.45, 2.75) is 91.4 Å². The van der Waals surface area contributed by atoms with Gasteiger partial charge in [-0.15, -0.1) is 0 Å². The maximum atomic E-state index is 14.0. The van der Waals surface area contributed by atoms with Crippen molar-refractivity contribution in [3.8, 4) is 11.1 Å². The van der Waals surface area contributed by atoms with Crippen LogP contribution in [0.4, 0.5) is 21.1 Å². The van der Waals surface area contributed by atoms with Crippen molar-refractivity contribution in [1.29, 1.82) is 0 Å². The van der Waals surface area contributed by atoms with Crippen LogP contribution in [0.5, 0.6) is 0 Å². The van der Waals surface area contributed by atoms with E-state index in [4.69, 9.17) is 14.5 Å². The molecule has 54 heavy (non-hydrogen) atoms. The lowest BCUT2D eigenvalue weighted by molar-refractivity contribution is -0.387. The average molecular weight is 766 g/mol. The van der Waals surface area contributed by atoms with Crippen molar-refractivity contribution >= 4 is 45.3 Å². The number of hydrogen-bond acceptors (Lipinski definition) is 11. The van der Waals surface area contributed by atoms with Gasteiger partial charge in [0.15, 0.2) is 10.5 Å². The molecule has 290 valence electrons. The molecular formula is C37H47N7O9S. The lowest BCUT2D eigenvalue weighted by Crippen LogP contribution is -2.47. The Balaban J connectivity index is 1.74. The molecule has 1 N–H and O–H groups in total. The van der Waals surface area contributed by atoms with Crippen LogP contribution in [0.2, 0.25) is 0 Å². The zero-order valence-electron chi connectivity index (χ0n) is 31.9. The number of carbonyl (C=O) groups excluding carboxylic acids is 3. The Morgan fingerprint density at radius 2 is 1.54 bits per heavy atom. The molecule has 0 aliphatic carbocycles. The van der Waals surface area contributed by atoms with E-state index in [1.54, 1.807) is 33.2 Å². The molecule has 16 nitrogen and oxygen atoms in total. The molecule has 0 bridgehead atoms. The molecule has 17 heteroatoms. The highest BCUT2D eigenvalue weighted by Crippen LogP contribution is 2.30. The van der Waals surface area contributed by atoms with Crippen molar-refractivity contribution in [3.63, 3.8) is 0 Å². The van der Waals surface area contributed by atoms with E-state index in [2.05, 4.69) is 10.4 Å². The van der Waals surface area contributed by atoms with E-state index < -0.39 is 62.0 Å². The highest BCUT2D eigenvalue weighted by Gasteiger charge is 2.38. The number of nitrogens with zero attached hydrogens (tertiary/aromatic N) is 6. The van der Waals surface area contributed by atoms with Gasteiger partial charge in [-0.1, -0.05) is 51.1 Å². The van der Waals surface area contributed by atoms with Crippen LogP contribution in [0.25, 0.3) is 16.8 Å². The minimum absolute atomic E-state index is 0.0383. The van der Waals surface area contributed by atoms with Crippen molar-refractivity contribution < 1.29 is 37.2 Å². The quantitative estimate of drug-likeness (QED) is 0.126. The second kappa shape index (κ2) is 15.8. The Kier molecular flexibility index (Phi) is 12.0. The Morgan fingerprint density at radius 1 is 0.889 bits per heavy atom. The molecular weight excluding hydrogens is 719 g/mol. The topological polar surface area (TPSA) is 196 Å². The summed E-state index contributed by atoms with van der Waals surface area (Å²) in [6, 6.07) is 13.5. The van der Waals surface area contributed by atoms with Gasteiger partial charge in [0.05, 0.1) is 17.7 Å². The highest BCUT2D eigenvalue weighted by molar-refractivity contribution is 7.89. The van der Waals surface area contributed by atoms with Crippen LogP contribution in [0.3, 0.4) is 0 Å². The van der Waals surface area contributed by atoms with Gasteiger partial charge >= 0.3 is 12.2 Å². The van der Waals surface area contributed by atoms with E-state index in [0.717, 1.165) is 28.2 Å². The van der Waals surface area contributed by atoms with Gasteiger partial charge in [-0.2, -0.15) is 9.40 Å². The normalized spacial score (nSPS) is 12.2. The molecule has 0 radical (unpaired) electrons. The smallest absolute Gasteiger partial charge is 0.424 e. The van der Waals surface area contributed by atoms with Gasteiger partial charge in [-0.25, -0.2) is 27.5 Å². The summed E-state index contributed by atoms with van der Waals surface area (Å²) in [5.41, 5.74) is -0.527. The Morgan fingerprint density at radius 3 is 2.17 bits per heavy atom. The number of aromatic nitrogens is 3. The highest BCUT2D eigenvalue weighted by atomic mass is 32.2. The van der Waals surface area contributed by atoms with Gasteiger partial charge in [-0.3, -0.25) is 19.8 Å². The van der Waals surface area contributed by atoms with E-state index in [-0.39, 0.29) is 17.1 Å². The first-order valence-electron chi connectivity index (χ1n) is 17.2. The number of nitro benzene ring substituents is 1. The van der Waals surface area contributed by atoms with E-state index in [0.29, 0.717) is 28.5 Å². The molecule has 2 aromatic heterocycles. The maximum Gasteiger partial charge on any atom is 0.424 e. The second-order valence-corrected chi connectivity index (χ2v) is 17.6. The molecule has 0 atom stereocenters. The lowest BCUT2D eigenvalue weighted by atomic mass is 9.92. The zero-order chi connectivity index (χ0) is 40.2. The van der Waals surface area contributed by atoms with E-state index in [1.807, 2.05) is 45.0 Å². The molecule has 0 spiro atoms. The summed E-state index contributed by atoms with van der Waals surface area (Å²) in [6.45, 7) is 14.7. The number of amides is 3. The Labute approximate surface area is 314 Å². The van der Waals surface area contributed by atoms with Crippen LogP contribution in [-0.2, 0) is 30.8 Å². The van der Waals surface area contributed by atoms with Gasteiger partial charge in [0.2, 0.25) is 5.91 Å². The molecule has 0 unspecified atom stereocenters. The monoisotopic (exact) mass is 765 g/mol. The lowest BCUT2D eigenvalue weighted by Gasteiger charge is -2.30. The van der Waals surface area contributed by atoms with Crippen LogP contribution in [-0.4, -0.2) is 74.6 Å². The zero-order valence-corrected chi connectivity index (χ0v) is 32.8. The van der Waals surface area contributed by atoms with E-state index in [1.165, 1.54) is 43.5 Å². The van der Waals surface area contributed by atoms with Crippen LogP contribution in [0.15, 0.2) is 71.9 Å². The number of nitrogens with one attached hydrogen (secondary N) is 1. The van der Waals surface area contributed by atoms with Crippen molar-refractivity contribution in [2.75, 3.05) is 18.0 Å². The summed E-state index contributed by atoms with van der Waals surface area (Å²) < 4.78 is 40.9. The fourth-order valence-electron chi connectivity index (χ4n) is 5.18. The van der Waals surface area contributed by atoms with Gasteiger partial charge < -0.3 is 14.8 Å². The third kappa shape index (κ3) is 10.7. The van der Waals surface area contributed by atoms with Gasteiger partial charge in [0, 0.05) is 37.3 Å². The third-order valence-electron chi connectivity index (χ3n) is 7.42. The molecule has 0 aliphatic heterocycles. The van der Waals surface area contributed by atoms with E-state index in [9.17, 15) is 32.9 Å². The Hall–Kier alpha value is -5.58. The molecule has 4 aromatic rings. The minimum atomic E-state index is -4.90. The second-order valence-electron chi connectivity index (χ2n) is 15.7. The summed E-state index contributed by atoms with van der Waals surface area (Å²) in [5.74, 6) is -0.0335. The third-order valence-corrected chi connectivity index (χ3v) is 9.23. The number of benzene rings is 2. The summed E-state index contributed by atoms with van der Waals surface area (Å²) in [7, 11) is -4.90. The van der Waals surface area contributed by atoms with Crippen molar-refractivity contribution in [1.82, 2.24) is 24.2 Å². The van der Waals surface area contributed by atoms with Gasteiger partial charge in [-0.05, 0) is 76.3 Å². The van der Waals surface area contributed by atoms with Crippen molar-refractivity contribution in [2.24, 2.45) is 5.41 Å². The molecule has 3 amide bonds. The summed E-state index contributed by atoms with van der Waals surface area (Å²) in [4.78, 5) is 55.7. The molecule has 0 saturated heterocycles. The van der Waals surface area contributed by atoms with Crippen LogP contribution in [0.1, 0.15) is 74.3 Å². The molecule has 0 fully saturated rings. The number of anilines is 1. The Bertz CT molecular complexity index is 2150. The number of hydrogen-bond donors (Lipinski definition) is 1. The summed E-state index contributed by atoms with van der Waals surface area (Å²) in [6.07, 6.45) is 1.33. The molecule has 2 heterocycles. The number of carbonyl (C=O) groups is 3. The number of para-hydroxylation sites is 1. The number of fused-ring (bicyclic) bond motifs is 1. The first kappa shape index (κ1) is 41.2. The number of ether oxygens (including phenoxy) is 2. The SMILES string of the molecule is CC(C)(C)CC(=O)NCc1cccc(-c2cnn3ccc(N(CCN(C(=O)OC(C)(C)C)S(=O)(=O)c4ccccc4[N+](=O)[O-])C(=O)OC(C)(C)C)nc23)c1. The first-order valence-corrected chi connectivity index (χ1v) is 18.6. The summed E-state index contributed by atoms with van der Waals surface area (Å²) >= 11 is 0.